The molecule has 3 aromatic heterocycles. The summed E-state index contributed by atoms with van der Waals surface area (Å²) in [6.07, 6.45) is 3.32. The fourth-order valence-corrected chi connectivity index (χ4v) is 7.15. The molecule has 9 nitrogen and oxygen atoms in total. The second kappa shape index (κ2) is 10.5. The van der Waals surface area contributed by atoms with Crippen molar-refractivity contribution in [3.63, 3.8) is 0 Å². The molecule has 12 heteroatoms. The standard InChI is InChI=1S/C23H26N4O5S3/c1-11-6-7-13-14(9-33-15(13)8-11)19-25-26-23(27(19)3)34-10-16(28)24-20-17(21(29)31-4)12(2)18(35-20)22(30)32-5/h9,11H,6-8,10H2,1-5H3,(H,24,28). The van der Waals surface area contributed by atoms with Gasteiger partial charge in [-0.25, -0.2) is 9.59 Å². The number of hydrogen-bond donors (Lipinski definition) is 1. The van der Waals surface area contributed by atoms with E-state index in [1.807, 2.05) is 11.6 Å². The first-order chi connectivity index (χ1) is 16.7. The third-order valence-electron chi connectivity index (χ3n) is 5.97. The van der Waals surface area contributed by atoms with Gasteiger partial charge in [0.15, 0.2) is 11.0 Å². The second-order valence-electron chi connectivity index (χ2n) is 8.34. The van der Waals surface area contributed by atoms with Crippen molar-refractivity contribution in [3.8, 4) is 11.4 Å². The molecule has 3 heterocycles. The molecule has 1 aliphatic carbocycles. The molecule has 0 bridgehead atoms. The number of aromatic nitrogens is 3. The van der Waals surface area contributed by atoms with Gasteiger partial charge in [-0.3, -0.25) is 4.79 Å². The third kappa shape index (κ3) is 5.00. The predicted octanol–water partition coefficient (Wildman–Crippen LogP) is 4.34. The zero-order valence-electron chi connectivity index (χ0n) is 20.1. The van der Waals surface area contributed by atoms with Crippen LogP contribution < -0.4 is 5.32 Å². The molecule has 4 rings (SSSR count). The SMILES string of the molecule is COC(=O)c1sc(NC(=O)CSc2nnc(-c3csc4c3CCC(C)C4)n2C)c(C(=O)OC)c1C. The van der Waals surface area contributed by atoms with Gasteiger partial charge in [-0.15, -0.1) is 32.9 Å². The first kappa shape index (κ1) is 25.4. The van der Waals surface area contributed by atoms with Crippen molar-refractivity contribution in [1.29, 1.82) is 0 Å². The molecule has 1 atom stereocenters. The molecule has 1 amide bonds. The van der Waals surface area contributed by atoms with Crippen LogP contribution in [0.5, 0.6) is 0 Å². The number of fused-ring (bicyclic) bond motifs is 1. The maximum atomic E-state index is 12.7. The van der Waals surface area contributed by atoms with E-state index in [0.717, 1.165) is 35.6 Å². The van der Waals surface area contributed by atoms with Gasteiger partial charge in [-0.05, 0) is 43.2 Å². The van der Waals surface area contributed by atoms with Crippen LogP contribution in [0.2, 0.25) is 0 Å². The number of nitrogens with one attached hydrogen (secondary N) is 1. The molecule has 3 aromatic rings. The molecular weight excluding hydrogens is 508 g/mol. The summed E-state index contributed by atoms with van der Waals surface area (Å²) in [5.74, 6) is -0.00828. The Kier molecular flexibility index (Phi) is 7.62. The van der Waals surface area contributed by atoms with Crippen molar-refractivity contribution in [1.82, 2.24) is 14.8 Å². The number of hydrogen-bond acceptors (Lipinski definition) is 10. The summed E-state index contributed by atoms with van der Waals surface area (Å²) in [7, 11) is 4.40. The highest BCUT2D eigenvalue weighted by atomic mass is 32.2. The van der Waals surface area contributed by atoms with E-state index in [4.69, 9.17) is 9.47 Å². The lowest BCUT2D eigenvalue weighted by Crippen LogP contribution is -2.16. The quantitative estimate of drug-likeness (QED) is 0.352. The number of thiophene rings is 2. The molecule has 0 spiro atoms. The van der Waals surface area contributed by atoms with Gasteiger partial charge in [-0.2, -0.15) is 0 Å². The molecule has 35 heavy (non-hydrogen) atoms. The fourth-order valence-electron chi connectivity index (χ4n) is 4.07. The number of thioether (sulfide) groups is 1. The fraction of sp³-hybridized carbons (Fsp3) is 0.435. The van der Waals surface area contributed by atoms with Crippen molar-refractivity contribution in [2.45, 2.75) is 38.3 Å². The smallest absolute Gasteiger partial charge is 0.348 e. The number of esters is 2. The van der Waals surface area contributed by atoms with Crippen LogP contribution in [0.3, 0.4) is 0 Å². The molecule has 0 fully saturated rings. The summed E-state index contributed by atoms with van der Waals surface area (Å²) in [6, 6.07) is 0. The van der Waals surface area contributed by atoms with Crippen LogP contribution in [0, 0.1) is 12.8 Å². The van der Waals surface area contributed by atoms with Crippen molar-refractivity contribution in [3.05, 3.63) is 31.8 Å². The Morgan fingerprint density at radius 1 is 1.23 bits per heavy atom. The largest absolute Gasteiger partial charge is 0.465 e. The van der Waals surface area contributed by atoms with E-state index in [1.165, 1.54) is 42.8 Å². The Hall–Kier alpha value is -2.70. The number of carbonyl (C=O) groups is 3. The van der Waals surface area contributed by atoms with Crippen LogP contribution in [0.15, 0.2) is 10.5 Å². The van der Waals surface area contributed by atoms with E-state index in [2.05, 4.69) is 27.8 Å². The summed E-state index contributed by atoms with van der Waals surface area (Å²) in [6.45, 7) is 3.90. The molecule has 1 aliphatic rings. The molecule has 0 aliphatic heterocycles. The maximum absolute atomic E-state index is 12.7. The monoisotopic (exact) mass is 534 g/mol. The summed E-state index contributed by atoms with van der Waals surface area (Å²) < 4.78 is 11.5. The lowest BCUT2D eigenvalue weighted by Gasteiger charge is -2.18. The topological polar surface area (TPSA) is 112 Å². The van der Waals surface area contributed by atoms with Gasteiger partial charge in [0.05, 0.1) is 25.5 Å². The lowest BCUT2D eigenvalue weighted by molar-refractivity contribution is -0.113. The summed E-state index contributed by atoms with van der Waals surface area (Å²) >= 11 is 4.01. The van der Waals surface area contributed by atoms with Gasteiger partial charge in [0.2, 0.25) is 5.91 Å². The van der Waals surface area contributed by atoms with E-state index in [0.29, 0.717) is 16.6 Å². The zero-order chi connectivity index (χ0) is 25.3. The highest BCUT2D eigenvalue weighted by molar-refractivity contribution is 7.99. The van der Waals surface area contributed by atoms with Gasteiger partial charge < -0.3 is 19.4 Å². The van der Waals surface area contributed by atoms with Crippen LogP contribution >= 0.6 is 34.4 Å². The zero-order valence-corrected chi connectivity index (χ0v) is 22.5. The third-order valence-corrected chi connectivity index (χ3v) is 9.23. The van der Waals surface area contributed by atoms with Crippen LogP contribution in [0.4, 0.5) is 5.00 Å². The number of nitrogens with zero attached hydrogens (tertiary/aromatic N) is 3. The van der Waals surface area contributed by atoms with Gasteiger partial charge >= 0.3 is 11.9 Å². The molecule has 0 aromatic carbocycles. The Bertz CT molecular complexity index is 1290. The first-order valence-corrected chi connectivity index (χ1v) is 13.6. The van der Waals surface area contributed by atoms with E-state index < -0.39 is 11.9 Å². The number of amides is 1. The molecular formula is C23H26N4O5S3. The van der Waals surface area contributed by atoms with Crippen molar-refractivity contribution in [2.75, 3.05) is 25.3 Å². The molecule has 186 valence electrons. The average molecular weight is 535 g/mol. The number of carbonyl (C=O) groups excluding carboxylic acids is 3. The van der Waals surface area contributed by atoms with Crippen molar-refractivity contribution >= 4 is 57.3 Å². The maximum Gasteiger partial charge on any atom is 0.348 e. The molecule has 0 radical (unpaired) electrons. The normalized spacial score (nSPS) is 14.9. The van der Waals surface area contributed by atoms with Gasteiger partial charge in [0.25, 0.3) is 0 Å². The second-order valence-corrected chi connectivity index (χ2v) is 11.3. The van der Waals surface area contributed by atoms with Crippen molar-refractivity contribution < 1.29 is 23.9 Å². The number of anilines is 1. The summed E-state index contributed by atoms with van der Waals surface area (Å²) in [5.41, 5.74) is 3.04. The average Bonchev–Trinajstić information content (AvgIpc) is 3.51. The minimum absolute atomic E-state index is 0.0519. The summed E-state index contributed by atoms with van der Waals surface area (Å²) in [5, 5.41) is 14.4. The van der Waals surface area contributed by atoms with Crippen LogP contribution in [-0.2, 0) is 34.2 Å². The Balaban J connectivity index is 1.48. The van der Waals surface area contributed by atoms with Gasteiger partial charge in [-0.1, -0.05) is 18.7 Å². The van der Waals surface area contributed by atoms with Crippen LogP contribution in [0.25, 0.3) is 11.4 Å². The predicted molar refractivity (Wildman–Crippen MR) is 137 cm³/mol. The minimum atomic E-state index is -0.636. The highest BCUT2D eigenvalue weighted by Crippen LogP contribution is 2.38. The first-order valence-electron chi connectivity index (χ1n) is 11.0. The van der Waals surface area contributed by atoms with Gasteiger partial charge in [0, 0.05) is 22.9 Å². The number of ether oxygens (including phenoxy) is 2. The van der Waals surface area contributed by atoms with E-state index in [1.54, 1.807) is 18.3 Å². The molecule has 0 saturated heterocycles. The number of methoxy groups -OCH3 is 2. The molecule has 0 saturated carbocycles. The highest BCUT2D eigenvalue weighted by Gasteiger charge is 2.27. The van der Waals surface area contributed by atoms with Crippen LogP contribution in [0.1, 0.15) is 49.4 Å². The minimum Gasteiger partial charge on any atom is -0.465 e. The molecule has 1 N–H and O–H groups in total. The van der Waals surface area contributed by atoms with Crippen molar-refractivity contribution in [2.24, 2.45) is 13.0 Å². The van der Waals surface area contributed by atoms with E-state index in [-0.39, 0.29) is 27.1 Å². The lowest BCUT2D eigenvalue weighted by atomic mass is 9.88. The molecule has 1 unspecified atom stereocenters. The Labute approximate surface area is 215 Å². The van der Waals surface area contributed by atoms with E-state index in [9.17, 15) is 14.4 Å². The Morgan fingerprint density at radius 2 is 1.97 bits per heavy atom. The number of rotatable bonds is 7. The van der Waals surface area contributed by atoms with Crippen LogP contribution in [-0.4, -0.2) is 52.6 Å². The Morgan fingerprint density at radius 3 is 2.69 bits per heavy atom. The van der Waals surface area contributed by atoms with Gasteiger partial charge in [0.1, 0.15) is 9.88 Å². The van der Waals surface area contributed by atoms with E-state index >= 15 is 0 Å². The summed E-state index contributed by atoms with van der Waals surface area (Å²) in [4.78, 5) is 38.7.